The Morgan fingerprint density at radius 2 is 2.08 bits per heavy atom. The molecule has 2 heterocycles. The Bertz CT molecular complexity index is 766. The van der Waals surface area contributed by atoms with Gasteiger partial charge in [0.25, 0.3) is 0 Å². The lowest BCUT2D eigenvalue weighted by Gasteiger charge is -2.47. The molecule has 4 rings (SSSR count). The topological polar surface area (TPSA) is 76.0 Å². The highest BCUT2D eigenvalue weighted by molar-refractivity contribution is 6.02. The molecule has 1 aromatic carbocycles. The van der Waals surface area contributed by atoms with Crippen molar-refractivity contribution in [1.82, 2.24) is 0 Å². The molecule has 2 fully saturated rings. The molecule has 1 aliphatic carbocycles. The fourth-order valence-corrected chi connectivity index (χ4v) is 5.24. The normalized spacial score (nSPS) is 31.3. The van der Waals surface area contributed by atoms with Gasteiger partial charge >= 0.3 is 0 Å². The van der Waals surface area contributed by atoms with Gasteiger partial charge in [-0.2, -0.15) is 0 Å². The van der Waals surface area contributed by atoms with Crippen LogP contribution in [-0.4, -0.2) is 27.4 Å². The number of phenolic OH excluding ortho intramolecular Hbond substituents is 2. The maximum atomic E-state index is 12.6. The summed E-state index contributed by atoms with van der Waals surface area (Å²) in [6, 6.07) is 1.49. The summed E-state index contributed by atoms with van der Waals surface area (Å²) in [4.78, 5) is 12.6. The van der Waals surface area contributed by atoms with Gasteiger partial charge in [0, 0.05) is 36.3 Å². The molecule has 0 amide bonds. The van der Waals surface area contributed by atoms with Crippen molar-refractivity contribution in [2.75, 3.05) is 0 Å². The standard InChI is InChI=1S/C21H28O5/c1-11(2)8-14(22)18-15(23)9-16-17(19(18)24)12-6-5-7-21(25-16)13(12)10-20(3,4)26-21/h9,11-13,23-24H,5-8,10H2,1-4H3. The van der Waals surface area contributed by atoms with Crippen LogP contribution in [0.1, 0.15) is 81.6 Å². The van der Waals surface area contributed by atoms with Crippen molar-refractivity contribution in [2.45, 2.75) is 77.1 Å². The molecule has 2 N–H and O–H groups in total. The van der Waals surface area contributed by atoms with Crippen LogP contribution in [0.15, 0.2) is 6.07 Å². The van der Waals surface area contributed by atoms with Crippen molar-refractivity contribution in [1.29, 1.82) is 0 Å². The number of phenols is 2. The minimum atomic E-state index is -0.679. The third kappa shape index (κ3) is 2.51. The van der Waals surface area contributed by atoms with Crippen LogP contribution in [0.2, 0.25) is 0 Å². The number of aromatic hydroxyl groups is 2. The second-order valence-corrected chi connectivity index (χ2v) is 9.14. The molecule has 0 spiro atoms. The Morgan fingerprint density at radius 3 is 2.77 bits per heavy atom. The van der Waals surface area contributed by atoms with E-state index >= 15 is 0 Å². The molecule has 2 aliphatic heterocycles. The van der Waals surface area contributed by atoms with Crippen LogP contribution in [-0.2, 0) is 4.74 Å². The zero-order valence-corrected chi connectivity index (χ0v) is 16.0. The average molecular weight is 360 g/mol. The Morgan fingerprint density at radius 1 is 1.35 bits per heavy atom. The Labute approximate surface area is 154 Å². The van der Waals surface area contributed by atoms with Gasteiger partial charge in [0.05, 0.1) is 5.60 Å². The molecule has 1 saturated heterocycles. The quantitative estimate of drug-likeness (QED) is 0.776. The molecule has 3 aliphatic rings. The van der Waals surface area contributed by atoms with Gasteiger partial charge in [-0.25, -0.2) is 0 Å². The number of ketones is 1. The van der Waals surface area contributed by atoms with E-state index in [0.29, 0.717) is 11.3 Å². The number of fused-ring (bicyclic) bond motifs is 2. The number of carbonyl (C=O) groups is 1. The number of carbonyl (C=O) groups excluding carboxylic acids is 1. The van der Waals surface area contributed by atoms with E-state index in [9.17, 15) is 15.0 Å². The van der Waals surface area contributed by atoms with E-state index in [1.165, 1.54) is 6.07 Å². The molecule has 3 atom stereocenters. The highest BCUT2D eigenvalue weighted by Crippen LogP contribution is 2.62. The number of hydrogen-bond donors (Lipinski definition) is 2. The summed E-state index contributed by atoms with van der Waals surface area (Å²) in [6.07, 6.45) is 3.83. The van der Waals surface area contributed by atoms with Crippen LogP contribution in [0.4, 0.5) is 0 Å². The highest BCUT2D eigenvalue weighted by atomic mass is 16.7. The van der Waals surface area contributed by atoms with Gasteiger partial charge in [-0.15, -0.1) is 0 Å². The van der Waals surface area contributed by atoms with Crippen LogP contribution in [0.5, 0.6) is 17.2 Å². The number of hydrogen-bond acceptors (Lipinski definition) is 5. The molecule has 2 bridgehead atoms. The Hall–Kier alpha value is -1.75. The molecule has 26 heavy (non-hydrogen) atoms. The van der Waals surface area contributed by atoms with Crippen LogP contribution in [0, 0.1) is 11.8 Å². The van der Waals surface area contributed by atoms with Crippen molar-refractivity contribution in [3.63, 3.8) is 0 Å². The Balaban J connectivity index is 1.83. The fraction of sp³-hybridized carbons (Fsp3) is 0.667. The van der Waals surface area contributed by atoms with Gasteiger partial charge in [-0.05, 0) is 39.0 Å². The van der Waals surface area contributed by atoms with Crippen molar-refractivity contribution in [3.8, 4) is 17.2 Å². The predicted molar refractivity (Wildman–Crippen MR) is 96.8 cm³/mol. The minimum Gasteiger partial charge on any atom is -0.507 e. The van der Waals surface area contributed by atoms with E-state index in [1.807, 2.05) is 13.8 Å². The maximum Gasteiger partial charge on any atom is 0.214 e. The van der Waals surface area contributed by atoms with E-state index in [4.69, 9.17) is 9.47 Å². The summed E-state index contributed by atoms with van der Waals surface area (Å²) in [5.41, 5.74) is 0.428. The molecule has 1 saturated carbocycles. The molecular weight excluding hydrogens is 332 g/mol. The van der Waals surface area contributed by atoms with Crippen molar-refractivity contribution in [3.05, 3.63) is 17.2 Å². The number of benzene rings is 1. The summed E-state index contributed by atoms with van der Waals surface area (Å²) in [5, 5.41) is 21.4. The number of ether oxygens (including phenoxy) is 2. The van der Waals surface area contributed by atoms with Crippen molar-refractivity contribution >= 4 is 5.78 Å². The van der Waals surface area contributed by atoms with E-state index < -0.39 is 5.79 Å². The van der Waals surface area contributed by atoms with Crippen LogP contribution < -0.4 is 4.74 Å². The molecular formula is C21H28O5. The first-order valence-corrected chi connectivity index (χ1v) is 9.65. The van der Waals surface area contributed by atoms with Gasteiger partial charge in [0.15, 0.2) is 5.78 Å². The molecule has 1 aromatic rings. The molecule has 5 heteroatoms. The van der Waals surface area contributed by atoms with Crippen molar-refractivity contribution < 1.29 is 24.5 Å². The molecule has 0 radical (unpaired) electrons. The first-order valence-electron chi connectivity index (χ1n) is 9.65. The van der Waals surface area contributed by atoms with Crippen LogP contribution in [0.3, 0.4) is 0 Å². The summed E-state index contributed by atoms with van der Waals surface area (Å²) in [6.45, 7) is 8.03. The zero-order chi connectivity index (χ0) is 18.9. The third-order valence-corrected chi connectivity index (χ3v) is 6.06. The van der Waals surface area contributed by atoms with Gasteiger partial charge in [0.1, 0.15) is 22.8 Å². The summed E-state index contributed by atoms with van der Waals surface area (Å²) >= 11 is 0. The summed E-state index contributed by atoms with van der Waals surface area (Å²) in [7, 11) is 0. The van der Waals surface area contributed by atoms with Crippen LogP contribution >= 0.6 is 0 Å². The molecule has 3 unspecified atom stereocenters. The van der Waals surface area contributed by atoms with E-state index in [1.54, 1.807) is 0 Å². The smallest absolute Gasteiger partial charge is 0.214 e. The third-order valence-electron chi connectivity index (χ3n) is 6.06. The minimum absolute atomic E-state index is 0.0392. The first-order chi connectivity index (χ1) is 12.1. The fourth-order valence-electron chi connectivity index (χ4n) is 5.24. The first kappa shape index (κ1) is 17.7. The number of rotatable bonds is 3. The largest absolute Gasteiger partial charge is 0.507 e. The zero-order valence-electron chi connectivity index (χ0n) is 16.0. The Kier molecular flexibility index (Phi) is 3.82. The van der Waals surface area contributed by atoms with E-state index in [0.717, 1.165) is 25.7 Å². The van der Waals surface area contributed by atoms with Gasteiger partial charge in [-0.3, -0.25) is 4.79 Å². The SMILES string of the molecule is CC(C)CC(=O)c1c(O)cc2c(c1O)C1CCCC3(O2)OC(C)(C)CC13. The monoisotopic (exact) mass is 360 g/mol. The second-order valence-electron chi connectivity index (χ2n) is 9.14. The van der Waals surface area contributed by atoms with Gasteiger partial charge < -0.3 is 19.7 Å². The lowest BCUT2D eigenvalue weighted by atomic mass is 9.68. The molecule has 5 nitrogen and oxygen atoms in total. The second kappa shape index (κ2) is 5.62. The predicted octanol–water partition coefficient (Wildman–Crippen LogP) is 4.50. The van der Waals surface area contributed by atoms with Crippen LogP contribution in [0.25, 0.3) is 0 Å². The van der Waals surface area contributed by atoms with E-state index in [-0.39, 0.29) is 52.6 Å². The highest BCUT2D eigenvalue weighted by Gasteiger charge is 2.61. The molecule has 0 aromatic heterocycles. The van der Waals surface area contributed by atoms with Crippen molar-refractivity contribution in [2.24, 2.45) is 11.8 Å². The van der Waals surface area contributed by atoms with Gasteiger partial charge in [0.2, 0.25) is 5.79 Å². The maximum absolute atomic E-state index is 12.6. The molecule has 142 valence electrons. The summed E-state index contributed by atoms with van der Waals surface area (Å²) in [5.74, 6) is -0.370. The summed E-state index contributed by atoms with van der Waals surface area (Å²) < 4.78 is 12.6. The van der Waals surface area contributed by atoms with Gasteiger partial charge in [-0.1, -0.05) is 13.8 Å². The number of Topliss-reactive ketones (excluding diaryl/α,β-unsaturated/α-hetero) is 1. The van der Waals surface area contributed by atoms with E-state index in [2.05, 4.69) is 13.8 Å². The lowest BCUT2D eigenvalue weighted by molar-refractivity contribution is -0.234. The lowest BCUT2D eigenvalue weighted by Crippen LogP contribution is -2.50. The average Bonchev–Trinajstić information content (AvgIpc) is 2.76.